The molecule has 1 aliphatic rings. The number of nitriles is 1. The van der Waals surface area contributed by atoms with Crippen LogP contribution in [0.5, 0.6) is 0 Å². The van der Waals surface area contributed by atoms with Crippen molar-refractivity contribution in [2.24, 2.45) is 0 Å². The van der Waals surface area contributed by atoms with E-state index >= 15 is 0 Å². The summed E-state index contributed by atoms with van der Waals surface area (Å²) in [6, 6.07) is 3.46. The molecule has 0 aromatic heterocycles. The normalized spacial score (nSPS) is 25.9. The Morgan fingerprint density at radius 1 is 1.61 bits per heavy atom. The summed E-state index contributed by atoms with van der Waals surface area (Å²) >= 11 is 0. The molecule has 0 amide bonds. The fraction of sp³-hybridized carbons (Fsp3) is 0.929. The molecule has 1 heterocycles. The van der Waals surface area contributed by atoms with Crippen molar-refractivity contribution >= 4 is 0 Å². The molecule has 0 aromatic carbocycles. The van der Waals surface area contributed by atoms with Crippen LogP contribution in [0.3, 0.4) is 0 Å². The summed E-state index contributed by atoms with van der Waals surface area (Å²) in [5.74, 6) is 0. The van der Waals surface area contributed by atoms with Gasteiger partial charge in [0, 0.05) is 18.6 Å². The van der Waals surface area contributed by atoms with Crippen LogP contribution in [0, 0.1) is 11.3 Å². The minimum Gasteiger partial charge on any atom is -0.303 e. The maximum atomic E-state index is 9.20. The molecule has 0 bridgehead atoms. The maximum absolute atomic E-state index is 9.20. The van der Waals surface area contributed by atoms with Crippen molar-refractivity contribution < 1.29 is 0 Å². The minimum atomic E-state index is -0.421. The Hall–Kier alpha value is -0.630. The van der Waals surface area contributed by atoms with E-state index in [2.05, 4.69) is 42.2 Å². The van der Waals surface area contributed by atoms with Gasteiger partial charge in [-0.3, -0.25) is 0 Å². The Morgan fingerprint density at radius 3 is 2.72 bits per heavy atom. The van der Waals surface area contributed by atoms with E-state index in [0.29, 0.717) is 12.1 Å². The number of likely N-dealkylation sites (N-methyl/N-ethyl adjacent to an activating group) is 2. The summed E-state index contributed by atoms with van der Waals surface area (Å²) in [5, 5.41) is 12.3. The van der Waals surface area contributed by atoms with Crippen LogP contribution in [-0.4, -0.2) is 61.7 Å². The average molecular weight is 252 g/mol. The summed E-state index contributed by atoms with van der Waals surface area (Å²) in [7, 11) is 6.24. The molecule has 0 aromatic rings. The quantitative estimate of drug-likeness (QED) is 0.773. The molecule has 1 rings (SSSR count). The Labute approximate surface area is 112 Å². The SMILES string of the molecule is CNC(C)(C#N)CC(C)N(C)CC1CCCN1C. The third-order valence-electron chi connectivity index (χ3n) is 4.42. The molecule has 4 nitrogen and oxygen atoms in total. The van der Waals surface area contributed by atoms with Gasteiger partial charge in [-0.05, 0) is 60.8 Å². The van der Waals surface area contributed by atoms with E-state index in [0.717, 1.165) is 13.0 Å². The highest BCUT2D eigenvalue weighted by Crippen LogP contribution is 2.19. The second kappa shape index (κ2) is 6.51. The van der Waals surface area contributed by atoms with Crippen molar-refractivity contribution in [3.8, 4) is 6.07 Å². The molecule has 18 heavy (non-hydrogen) atoms. The van der Waals surface area contributed by atoms with Gasteiger partial charge in [0.25, 0.3) is 0 Å². The van der Waals surface area contributed by atoms with Gasteiger partial charge in [-0.2, -0.15) is 5.26 Å². The summed E-state index contributed by atoms with van der Waals surface area (Å²) in [6.45, 7) is 6.50. The molecule has 104 valence electrons. The summed E-state index contributed by atoms with van der Waals surface area (Å²) in [4.78, 5) is 4.84. The molecular weight excluding hydrogens is 224 g/mol. The van der Waals surface area contributed by atoms with Gasteiger partial charge in [0.1, 0.15) is 5.54 Å². The molecule has 3 atom stereocenters. The minimum absolute atomic E-state index is 0.413. The van der Waals surface area contributed by atoms with Gasteiger partial charge in [0.2, 0.25) is 0 Å². The molecule has 0 aliphatic carbocycles. The predicted molar refractivity (Wildman–Crippen MR) is 75.4 cm³/mol. The summed E-state index contributed by atoms with van der Waals surface area (Å²) in [6.07, 6.45) is 3.47. The van der Waals surface area contributed by atoms with Crippen LogP contribution in [0.15, 0.2) is 0 Å². The second-order valence-corrected chi connectivity index (χ2v) is 5.96. The highest BCUT2D eigenvalue weighted by molar-refractivity contribution is 5.04. The Morgan fingerprint density at radius 2 is 2.28 bits per heavy atom. The Kier molecular flexibility index (Phi) is 5.58. The van der Waals surface area contributed by atoms with E-state index in [1.165, 1.54) is 19.4 Å². The van der Waals surface area contributed by atoms with Crippen LogP contribution >= 0.6 is 0 Å². The number of rotatable bonds is 6. The zero-order valence-electron chi connectivity index (χ0n) is 12.5. The molecule has 0 radical (unpaired) electrons. The van der Waals surface area contributed by atoms with Gasteiger partial charge in [-0.25, -0.2) is 0 Å². The Bertz CT molecular complexity index is 299. The van der Waals surface area contributed by atoms with E-state index in [9.17, 15) is 5.26 Å². The standard InChI is InChI=1S/C14H28N4/c1-12(9-14(2,11-15)16-3)18(5)10-13-7-6-8-17(13)4/h12-13,16H,6-10H2,1-5H3. The molecule has 0 spiro atoms. The monoisotopic (exact) mass is 252 g/mol. The van der Waals surface area contributed by atoms with Crippen LogP contribution in [0.2, 0.25) is 0 Å². The lowest BCUT2D eigenvalue weighted by atomic mass is 9.94. The van der Waals surface area contributed by atoms with Crippen LogP contribution in [0.25, 0.3) is 0 Å². The molecule has 1 fully saturated rings. The van der Waals surface area contributed by atoms with E-state index in [1.54, 1.807) is 0 Å². The molecule has 3 unspecified atom stereocenters. The number of hydrogen-bond donors (Lipinski definition) is 1. The molecule has 1 aliphatic heterocycles. The van der Waals surface area contributed by atoms with Gasteiger partial charge in [0.15, 0.2) is 0 Å². The zero-order valence-corrected chi connectivity index (χ0v) is 12.5. The van der Waals surface area contributed by atoms with Crippen molar-refractivity contribution in [2.75, 3.05) is 34.2 Å². The summed E-state index contributed by atoms with van der Waals surface area (Å²) < 4.78 is 0. The lowest BCUT2D eigenvalue weighted by molar-refractivity contribution is 0.165. The largest absolute Gasteiger partial charge is 0.303 e. The molecule has 1 N–H and O–H groups in total. The highest BCUT2D eigenvalue weighted by atomic mass is 15.2. The first kappa shape index (κ1) is 15.4. The van der Waals surface area contributed by atoms with E-state index in [1.807, 2.05) is 14.0 Å². The summed E-state index contributed by atoms with van der Waals surface area (Å²) in [5.41, 5.74) is -0.421. The Balaban J connectivity index is 2.46. The van der Waals surface area contributed by atoms with Crippen molar-refractivity contribution in [3.63, 3.8) is 0 Å². The molecule has 0 saturated carbocycles. The fourth-order valence-corrected chi connectivity index (χ4v) is 2.67. The number of hydrogen-bond acceptors (Lipinski definition) is 4. The fourth-order valence-electron chi connectivity index (χ4n) is 2.67. The van der Waals surface area contributed by atoms with Crippen LogP contribution < -0.4 is 5.32 Å². The molecule has 1 saturated heterocycles. The van der Waals surface area contributed by atoms with Crippen LogP contribution in [0.1, 0.15) is 33.1 Å². The third kappa shape index (κ3) is 3.94. The van der Waals surface area contributed by atoms with Crippen molar-refractivity contribution in [1.82, 2.24) is 15.1 Å². The number of nitrogens with one attached hydrogen (secondary N) is 1. The lowest BCUT2D eigenvalue weighted by Gasteiger charge is -2.33. The van der Waals surface area contributed by atoms with E-state index in [-0.39, 0.29) is 0 Å². The number of likely N-dealkylation sites (tertiary alicyclic amines) is 1. The van der Waals surface area contributed by atoms with E-state index < -0.39 is 5.54 Å². The average Bonchev–Trinajstić information content (AvgIpc) is 2.74. The van der Waals surface area contributed by atoms with Gasteiger partial charge in [0.05, 0.1) is 6.07 Å². The van der Waals surface area contributed by atoms with Crippen molar-refractivity contribution in [3.05, 3.63) is 0 Å². The molecular formula is C14H28N4. The van der Waals surface area contributed by atoms with Crippen molar-refractivity contribution in [2.45, 2.75) is 50.7 Å². The van der Waals surface area contributed by atoms with Gasteiger partial charge < -0.3 is 15.1 Å². The first-order valence-corrected chi connectivity index (χ1v) is 6.92. The van der Waals surface area contributed by atoms with Crippen molar-refractivity contribution in [1.29, 1.82) is 5.26 Å². The molecule has 4 heteroatoms. The van der Waals surface area contributed by atoms with Crippen LogP contribution in [-0.2, 0) is 0 Å². The smallest absolute Gasteiger partial charge is 0.105 e. The first-order chi connectivity index (χ1) is 8.41. The first-order valence-electron chi connectivity index (χ1n) is 6.92. The highest BCUT2D eigenvalue weighted by Gasteiger charge is 2.28. The zero-order chi connectivity index (χ0) is 13.8. The van der Waals surface area contributed by atoms with Crippen LogP contribution in [0.4, 0.5) is 0 Å². The topological polar surface area (TPSA) is 42.3 Å². The number of nitrogens with zero attached hydrogens (tertiary/aromatic N) is 3. The van der Waals surface area contributed by atoms with E-state index in [4.69, 9.17) is 0 Å². The van der Waals surface area contributed by atoms with Gasteiger partial charge in [-0.15, -0.1) is 0 Å². The third-order valence-corrected chi connectivity index (χ3v) is 4.42. The maximum Gasteiger partial charge on any atom is 0.105 e. The lowest BCUT2D eigenvalue weighted by Crippen LogP contribution is -2.47. The van der Waals surface area contributed by atoms with Gasteiger partial charge in [-0.1, -0.05) is 0 Å². The van der Waals surface area contributed by atoms with Gasteiger partial charge >= 0.3 is 0 Å². The predicted octanol–water partition coefficient (Wildman–Crippen LogP) is 1.29. The second-order valence-electron chi connectivity index (χ2n) is 5.96.